The van der Waals surface area contributed by atoms with Crippen LogP contribution in [0, 0.1) is 0 Å². The first-order chi connectivity index (χ1) is 8.00. The zero-order valence-corrected chi connectivity index (χ0v) is 9.54. The molecule has 90 valence electrons. The van der Waals surface area contributed by atoms with Crippen molar-refractivity contribution in [1.29, 1.82) is 0 Å². The molecule has 0 aliphatic heterocycles. The van der Waals surface area contributed by atoms with Crippen LogP contribution in [-0.2, 0) is 6.18 Å². The molecule has 0 N–H and O–H groups in total. The molecule has 4 heteroatoms. The molecule has 2 rings (SSSR count). The van der Waals surface area contributed by atoms with Crippen LogP contribution in [0.4, 0.5) is 13.2 Å². The van der Waals surface area contributed by atoms with Crippen LogP contribution < -0.4 is 0 Å². The molecule has 17 heavy (non-hydrogen) atoms. The standard InChI is InChI=1S/C7H5F3.C6H5Cl/c8-7(9,10)6-4-2-1-3-5-6;7-6-4-2-1-3-5-6/h1-5H;1-5H. The van der Waals surface area contributed by atoms with Gasteiger partial charge in [-0.15, -0.1) is 0 Å². The van der Waals surface area contributed by atoms with Crippen molar-refractivity contribution in [3.05, 3.63) is 71.2 Å². The molecule has 0 heterocycles. The van der Waals surface area contributed by atoms with Crippen molar-refractivity contribution in [1.82, 2.24) is 0 Å². The lowest BCUT2D eigenvalue weighted by Gasteiger charge is -2.03. The third-order valence-electron chi connectivity index (χ3n) is 1.83. The monoisotopic (exact) mass is 258 g/mol. The highest BCUT2D eigenvalue weighted by molar-refractivity contribution is 6.30. The van der Waals surface area contributed by atoms with E-state index in [1.54, 1.807) is 6.07 Å². The topological polar surface area (TPSA) is 0 Å². The molecule has 0 aliphatic rings. The molecular weight excluding hydrogens is 249 g/mol. The van der Waals surface area contributed by atoms with Crippen molar-refractivity contribution in [2.75, 3.05) is 0 Å². The summed E-state index contributed by atoms with van der Waals surface area (Å²) in [5, 5.41) is 0.794. The van der Waals surface area contributed by atoms with E-state index in [1.165, 1.54) is 12.1 Å². The van der Waals surface area contributed by atoms with Crippen LogP contribution in [0.3, 0.4) is 0 Å². The van der Waals surface area contributed by atoms with Crippen LogP contribution in [0.5, 0.6) is 0 Å². The van der Waals surface area contributed by atoms with Gasteiger partial charge in [0.05, 0.1) is 5.56 Å². The van der Waals surface area contributed by atoms with E-state index in [1.807, 2.05) is 30.3 Å². The van der Waals surface area contributed by atoms with Gasteiger partial charge in [0, 0.05) is 5.02 Å². The van der Waals surface area contributed by atoms with E-state index >= 15 is 0 Å². The summed E-state index contributed by atoms with van der Waals surface area (Å²) in [5.41, 5.74) is -0.602. The van der Waals surface area contributed by atoms with Crippen molar-refractivity contribution < 1.29 is 13.2 Å². The van der Waals surface area contributed by atoms with Crippen LogP contribution in [0.25, 0.3) is 0 Å². The number of hydrogen-bond donors (Lipinski definition) is 0. The fraction of sp³-hybridized carbons (Fsp3) is 0.0769. The second-order valence-corrected chi connectivity index (χ2v) is 3.60. The fourth-order valence-electron chi connectivity index (χ4n) is 1.04. The van der Waals surface area contributed by atoms with Gasteiger partial charge in [-0.1, -0.05) is 60.1 Å². The molecule has 0 bridgehead atoms. The van der Waals surface area contributed by atoms with Crippen LogP contribution in [0.1, 0.15) is 5.56 Å². The van der Waals surface area contributed by atoms with Crippen LogP contribution in [-0.4, -0.2) is 0 Å². The minimum absolute atomic E-state index is 0.602. The summed E-state index contributed by atoms with van der Waals surface area (Å²) in [5.74, 6) is 0. The number of halogens is 4. The van der Waals surface area contributed by atoms with Gasteiger partial charge >= 0.3 is 6.18 Å². The average Bonchev–Trinajstić information content (AvgIpc) is 2.31. The third kappa shape index (κ3) is 5.41. The highest BCUT2D eigenvalue weighted by Crippen LogP contribution is 2.28. The first kappa shape index (κ1) is 13.6. The van der Waals surface area contributed by atoms with Gasteiger partial charge in [-0.3, -0.25) is 0 Å². The maximum atomic E-state index is 11.8. The Kier molecular flexibility index (Phi) is 5.04. The van der Waals surface area contributed by atoms with E-state index in [2.05, 4.69) is 0 Å². The largest absolute Gasteiger partial charge is 0.416 e. The van der Waals surface area contributed by atoms with E-state index in [0.717, 1.165) is 17.2 Å². The van der Waals surface area contributed by atoms with Gasteiger partial charge in [-0.25, -0.2) is 0 Å². The second-order valence-electron chi connectivity index (χ2n) is 3.16. The summed E-state index contributed by atoms with van der Waals surface area (Å²) in [6.07, 6.45) is -4.21. The van der Waals surface area contributed by atoms with E-state index < -0.39 is 11.7 Å². The molecule has 2 aromatic carbocycles. The minimum atomic E-state index is -4.21. The van der Waals surface area contributed by atoms with E-state index in [4.69, 9.17) is 11.6 Å². The minimum Gasteiger partial charge on any atom is -0.166 e. The van der Waals surface area contributed by atoms with Crippen LogP contribution in [0.2, 0.25) is 5.02 Å². The molecule has 0 aromatic heterocycles. The van der Waals surface area contributed by atoms with Crippen LogP contribution in [0.15, 0.2) is 60.7 Å². The molecule has 0 nitrogen and oxygen atoms in total. The van der Waals surface area contributed by atoms with Gasteiger partial charge in [-0.2, -0.15) is 13.2 Å². The molecule has 0 spiro atoms. The zero-order chi connectivity index (χ0) is 12.7. The van der Waals surface area contributed by atoms with Crippen molar-refractivity contribution in [3.8, 4) is 0 Å². The lowest BCUT2D eigenvalue weighted by molar-refractivity contribution is -0.137. The normalized spacial score (nSPS) is 10.4. The molecule has 2 aromatic rings. The van der Waals surface area contributed by atoms with Gasteiger partial charge in [-0.05, 0) is 12.1 Å². The summed E-state index contributed by atoms with van der Waals surface area (Å²) in [6.45, 7) is 0. The number of benzene rings is 2. The Morgan fingerprint density at radius 1 is 0.706 bits per heavy atom. The van der Waals surface area contributed by atoms with Crippen molar-refractivity contribution >= 4 is 11.6 Å². The van der Waals surface area contributed by atoms with Crippen LogP contribution >= 0.6 is 11.6 Å². The first-order valence-electron chi connectivity index (χ1n) is 4.83. The molecule has 0 unspecified atom stereocenters. The molecule has 0 aliphatic carbocycles. The smallest absolute Gasteiger partial charge is 0.166 e. The molecule has 0 fully saturated rings. The van der Waals surface area contributed by atoms with Gasteiger partial charge in [0.2, 0.25) is 0 Å². The summed E-state index contributed by atoms with van der Waals surface area (Å²) in [4.78, 5) is 0. The Bertz CT molecular complexity index is 423. The predicted molar refractivity (Wildman–Crippen MR) is 62.9 cm³/mol. The van der Waals surface area contributed by atoms with E-state index in [9.17, 15) is 13.2 Å². The molecule has 0 amide bonds. The maximum Gasteiger partial charge on any atom is 0.416 e. The van der Waals surface area contributed by atoms with E-state index in [-0.39, 0.29) is 0 Å². The maximum absolute atomic E-state index is 11.8. The summed E-state index contributed by atoms with van der Waals surface area (Å²) in [7, 11) is 0. The van der Waals surface area contributed by atoms with Crippen molar-refractivity contribution in [3.63, 3.8) is 0 Å². The molecule has 0 radical (unpaired) electrons. The Hall–Kier alpha value is -1.48. The third-order valence-corrected chi connectivity index (χ3v) is 2.09. The number of alkyl halides is 3. The van der Waals surface area contributed by atoms with Crippen molar-refractivity contribution in [2.45, 2.75) is 6.18 Å². The second kappa shape index (κ2) is 6.30. The Morgan fingerprint density at radius 3 is 1.35 bits per heavy atom. The SMILES string of the molecule is Clc1ccccc1.FC(F)(F)c1ccccc1. The Labute approximate surface area is 103 Å². The molecule has 0 saturated carbocycles. The lowest BCUT2D eigenvalue weighted by atomic mass is 10.2. The van der Waals surface area contributed by atoms with Gasteiger partial charge in [0.25, 0.3) is 0 Å². The molecular formula is C13H10ClF3. The number of rotatable bonds is 0. The first-order valence-corrected chi connectivity index (χ1v) is 5.21. The van der Waals surface area contributed by atoms with E-state index in [0.29, 0.717) is 0 Å². The lowest BCUT2D eigenvalue weighted by Crippen LogP contribution is -2.03. The zero-order valence-electron chi connectivity index (χ0n) is 8.79. The highest BCUT2D eigenvalue weighted by Gasteiger charge is 2.29. The van der Waals surface area contributed by atoms with Gasteiger partial charge in [0.1, 0.15) is 0 Å². The Morgan fingerprint density at radius 2 is 1.12 bits per heavy atom. The summed E-state index contributed by atoms with van der Waals surface area (Å²) in [6, 6.07) is 15.8. The molecule has 0 atom stereocenters. The average molecular weight is 259 g/mol. The van der Waals surface area contributed by atoms with Crippen molar-refractivity contribution in [2.24, 2.45) is 0 Å². The Balaban J connectivity index is 0.000000181. The fourth-order valence-corrected chi connectivity index (χ4v) is 1.19. The highest BCUT2D eigenvalue weighted by atomic mass is 35.5. The van der Waals surface area contributed by atoms with Gasteiger partial charge in [0.15, 0.2) is 0 Å². The summed E-state index contributed by atoms with van der Waals surface area (Å²) >= 11 is 5.54. The predicted octanol–water partition coefficient (Wildman–Crippen LogP) is 5.05. The summed E-state index contributed by atoms with van der Waals surface area (Å²) < 4.78 is 35.4. The number of hydrogen-bond acceptors (Lipinski definition) is 0. The molecule has 0 saturated heterocycles. The quantitative estimate of drug-likeness (QED) is 0.621. The van der Waals surface area contributed by atoms with Gasteiger partial charge < -0.3 is 0 Å².